The number of aromatic nitrogens is 2. The van der Waals surface area contributed by atoms with Crippen LogP contribution >= 0.6 is 0 Å². The van der Waals surface area contributed by atoms with Crippen LogP contribution in [-0.2, 0) is 6.42 Å². The Balaban J connectivity index is 1.62. The molecule has 0 N–H and O–H groups in total. The fourth-order valence-corrected chi connectivity index (χ4v) is 3.34. The van der Waals surface area contributed by atoms with E-state index >= 15 is 0 Å². The minimum Gasteiger partial charge on any atom is -0.493 e. The highest BCUT2D eigenvalue weighted by Gasteiger charge is 2.13. The third-order valence-corrected chi connectivity index (χ3v) is 5.14. The zero-order valence-corrected chi connectivity index (χ0v) is 18.6. The zero-order chi connectivity index (χ0) is 23.4. The van der Waals surface area contributed by atoms with Crippen LogP contribution in [0.2, 0.25) is 0 Å². The molecule has 0 aliphatic heterocycles. The molecule has 0 bridgehead atoms. The number of aryl methyl sites for hydroxylation is 2. The van der Waals surface area contributed by atoms with Crippen molar-refractivity contribution in [3.63, 3.8) is 0 Å². The summed E-state index contributed by atoms with van der Waals surface area (Å²) in [6.45, 7) is 3.87. The van der Waals surface area contributed by atoms with Crippen molar-refractivity contribution in [3.05, 3.63) is 99.6 Å². The average molecular weight is 441 g/mol. The maximum absolute atomic E-state index is 12.9. The minimum absolute atomic E-state index is 0.232. The van der Waals surface area contributed by atoms with Crippen LogP contribution in [-0.4, -0.2) is 29.0 Å². The maximum Gasteiger partial charge on any atom is 0.343 e. The van der Waals surface area contributed by atoms with E-state index in [4.69, 9.17) is 9.47 Å². The molecular weight excluding hydrogens is 418 g/mol. The fraction of sp³-hybridized carbons (Fsp3) is 0.154. The van der Waals surface area contributed by atoms with Crippen molar-refractivity contribution in [2.75, 3.05) is 7.11 Å². The second-order valence-corrected chi connectivity index (χ2v) is 7.43. The molecule has 1 heterocycles. The van der Waals surface area contributed by atoms with Gasteiger partial charge in [0.25, 0.3) is 5.56 Å². The molecule has 1 aromatic heterocycles. The smallest absolute Gasteiger partial charge is 0.343 e. The number of ether oxygens (including phenoxy) is 2. The Kier molecular flexibility index (Phi) is 6.31. The van der Waals surface area contributed by atoms with E-state index < -0.39 is 5.97 Å². The monoisotopic (exact) mass is 441 g/mol. The molecule has 0 amide bonds. The van der Waals surface area contributed by atoms with E-state index in [0.29, 0.717) is 45.8 Å². The molecule has 0 fully saturated rings. The van der Waals surface area contributed by atoms with Crippen molar-refractivity contribution < 1.29 is 14.3 Å². The first-order valence-electron chi connectivity index (χ1n) is 10.5. The van der Waals surface area contributed by atoms with Crippen LogP contribution in [0, 0.1) is 6.92 Å². The van der Waals surface area contributed by atoms with Crippen LogP contribution in [0.1, 0.15) is 34.2 Å². The Morgan fingerprint density at radius 1 is 1.06 bits per heavy atom. The van der Waals surface area contributed by atoms with Gasteiger partial charge in [0.2, 0.25) is 0 Å². The molecule has 0 aliphatic rings. The summed E-state index contributed by atoms with van der Waals surface area (Å²) < 4.78 is 12.2. The van der Waals surface area contributed by atoms with Gasteiger partial charge in [0, 0.05) is 6.42 Å². The summed E-state index contributed by atoms with van der Waals surface area (Å²) in [5, 5.41) is 4.87. The van der Waals surface area contributed by atoms with Crippen molar-refractivity contribution in [2.45, 2.75) is 20.3 Å². The topological polar surface area (TPSA) is 82.8 Å². The van der Waals surface area contributed by atoms with Crippen LogP contribution in [0.5, 0.6) is 11.5 Å². The number of nitrogens with zero attached hydrogens (tertiary/aromatic N) is 3. The van der Waals surface area contributed by atoms with E-state index in [2.05, 4.69) is 10.1 Å². The highest BCUT2D eigenvalue weighted by atomic mass is 16.6. The predicted molar refractivity (Wildman–Crippen MR) is 128 cm³/mol. The van der Waals surface area contributed by atoms with Gasteiger partial charge in [-0.2, -0.15) is 9.78 Å². The van der Waals surface area contributed by atoms with E-state index in [1.54, 1.807) is 48.7 Å². The van der Waals surface area contributed by atoms with Crippen molar-refractivity contribution in [1.29, 1.82) is 0 Å². The van der Waals surface area contributed by atoms with Crippen molar-refractivity contribution in [3.8, 4) is 11.5 Å². The van der Waals surface area contributed by atoms with Gasteiger partial charge in [-0.05, 0) is 55.0 Å². The second-order valence-electron chi connectivity index (χ2n) is 7.43. The quantitative estimate of drug-likeness (QED) is 0.252. The van der Waals surface area contributed by atoms with Gasteiger partial charge in [-0.15, -0.1) is 0 Å². The molecule has 0 unspecified atom stereocenters. The number of fused-ring (bicyclic) bond motifs is 1. The first kappa shape index (κ1) is 22.0. The molecule has 0 saturated carbocycles. The molecule has 4 aromatic rings. The molecule has 0 aliphatic carbocycles. The highest BCUT2D eigenvalue weighted by molar-refractivity contribution is 5.91. The summed E-state index contributed by atoms with van der Waals surface area (Å²) in [4.78, 5) is 29.9. The first-order chi connectivity index (χ1) is 16.0. The molecule has 7 heteroatoms. The van der Waals surface area contributed by atoms with Gasteiger partial charge in [0.15, 0.2) is 11.5 Å². The summed E-state index contributed by atoms with van der Waals surface area (Å²) in [6, 6.07) is 19.4. The number of para-hydroxylation sites is 1. The third-order valence-electron chi connectivity index (χ3n) is 5.14. The maximum atomic E-state index is 12.9. The second kappa shape index (κ2) is 9.48. The van der Waals surface area contributed by atoms with Crippen LogP contribution in [0.4, 0.5) is 0 Å². The van der Waals surface area contributed by atoms with Gasteiger partial charge in [-0.25, -0.2) is 9.78 Å². The van der Waals surface area contributed by atoms with Gasteiger partial charge in [-0.1, -0.05) is 36.8 Å². The molecule has 166 valence electrons. The fourth-order valence-electron chi connectivity index (χ4n) is 3.34. The molecule has 33 heavy (non-hydrogen) atoms. The van der Waals surface area contributed by atoms with Gasteiger partial charge >= 0.3 is 5.97 Å². The van der Waals surface area contributed by atoms with Crippen LogP contribution in [0.15, 0.2) is 76.6 Å². The summed E-state index contributed by atoms with van der Waals surface area (Å²) in [6.07, 6.45) is 2.10. The Labute approximate surface area is 190 Å². The Morgan fingerprint density at radius 3 is 2.55 bits per heavy atom. The summed E-state index contributed by atoms with van der Waals surface area (Å²) in [7, 11) is 1.49. The van der Waals surface area contributed by atoms with Crippen molar-refractivity contribution in [2.24, 2.45) is 5.10 Å². The van der Waals surface area contributed by atoms with Crippen molar-refractivity contribution in [1.82, 2.24) is 9.66 Å². The van der Waals surface area contributed by atoms with E-state index in [9.17, 15) is 9.59 Å². The first-order valence-corrected chi connectivity index (χ1v) is 10.5. The Morgan fingerprint density at radius 2 is 1.82 bits per heavy atom. The zero-order valence-electron chi connectivity index (χ0n) is 18.6. The predicted octanol–water partition coefficient (Wildman–Crippen LogP) is 4.38. The lowest BCUT2D eigenvalue weighted by atomic mass is 10.1. The SMILES string of the molecule is CCc1nc2ccccc2c(=O)n1N=Cc1ccc(OC(=O)c2ccc(C)cc2)c(OC)c1. The lowest BCUT2D eigenvalue weighted by molar-refractivity contribution is 0.0729. The van der Waals surface area contributed by atoms with E-state index in [0.717, 1.165) is 5.56 Å². The lowest BCUT2D eigenvalue weighted by Crippen LogP contribution is -2.22. The molecule has 0 saturated heterocycles. The van der Waals surface area contributed by atoms with Gasteiger partial charge in [-0.3, -0.25) is 4.79 Å². The Bertz CT molecular complexity index is 1410. The third kappa shape index (κ3) is 4.67. The molecule has 0 spiro atoms. The molecular formula is C26H23N3O4. The standard InChI is InChI=1S/C26H23N3O4/c1-4-24-28-21-8-6-5-7-20(21)25(30)29(24)27-16-18-11-14-22(23(15-18)32-3)33-26(31)19-12-9-17(2)10-13-19/h5-16H,4H2,1-3H3. The van der Waals surface area contributed by atoms with E-state index in [1.165, 1.54) is 11.8 Å². The summed E-state index contributed by atoms with van der Waals surface area (Å²) in [5.41, 5.74) is 2.59. The molecule has 0 atom stereocenters. The molecule has 3 aromatic carbocycles. The van der Waals surface area contributed by atoms with Crippen LogP contribution < -0.4 is 15.0 Å². The normalized spacial score (nSPS) is 11.1. The van der Waals surface area contributed by atoms with Gasteiger partial charge in [0.1, 0.15) is 5.82 Å². The number of hydrogen-bond acceptors (Lipinski definition) is 6. The van der Waals surface area contributed by atoms with Crippen LogP contribution in [0.3, 0.4) is 0 Å². The number of benzene rings is 3. The van der Waals surface area contributed by atoms with E-state index in [1.807, 2.05) is 38.1 Å². The largest absolute Gasteiger partial charge is 0.493 e. The number of carbonyl (C=O) groups excluding carboxylic acids is 1. The number of rotatable bonds is 6. The minimum atomic E-state index is -0.476. The summed E-state index contributed by atoms with van der Waals surface area (Å²) >= 11 is 0. The number of hydrogen-bond donors (Lipinski definition) is 0. The highest BCUT2D eigenvalue weighted by Crippen LogP contribution is 2.28. The average Bonchev–Trinajstić information content (AvgIpc) is 2.84. The van der Waals surface area contributed by atoms with Crippen LogP contribution in [0.25, 0.3) is 10.9 Å². The molecule has 7 nitrogen and oxygen atoms in total. The lowest BCUT2D eigenvalue weighted by Gasteiger charge is -2.10. The Hall–Kier alpha value is -4.26. The molecule has 4 rings (SSSR count). The van der Waals surface area contributed by atoms with Gasteiger partial charge < -0.3 is 9.47 Å². The van der Waals surface area contributed by atoms with Crippen molar-refractivity contribution >= 4 is 23.1 Å². The molecule has 0 radical (unpaired) electrons. The summed E-state index contributed by atoms with van der Waals surface area (Å²) in [5.74, 6) is 0.750. The number of methoxy groups -OCH3 is 1. The van der Waals surface area contributed by atoms with Gasteiger partial charge in [0.05, 0.1) is 29.8 Å². The van der Waals surface area contributed by atoms with E-state index in [-0.39, 0.29) is 5.56 Å². The number of esters is 1. The number of carbonyl (C=O) groups is 1.